The molecule has 2 atom stereocenters. The zero-order valence-corrected chi connectivity index (χ0v) is 36.0. The third kappa shape index (κ3) is 7.31. The molecule has 61 heavy (non-hydrogen) atoms. The van der Waals surface area contributed by atoms with Crippen LogP contribution in [0.2, 0.25) is 0 Å². The Bertz CT molecular complexity index is 2960. The summed E-state index contributed by atoms with van der Waals surface area (Å²) in [5.74, 6) is 0.670. The zero-order valence-electron chi connectivity index (χ0n) is 36.0. The highest BCUT2D eigenvalue weighted by Crippen LogP contribution is 2.60. The van der Waals surface area contributed by atoms with Gasteiger partial charge >= 0.3 is 0 Å². The van der Waals surface area contributed by atoms with Gasteiger partial charge in [0.05, 0.1) is 0 Å². The molecule has 7 aromatic carbocycles. The predicted octanol–water partition coefficient (Wildman–Crippen LogP) is 17.4. The highest BCUT2D eigenvalue weighted by Gasteiger charge is 2.36. The van der Waals surface area contributed by atoms with Crippen molar-refractivity contribution in [2.24, 2.45) is 0 Å². The second-order valence-corrected chi connectivity index (χ2v) is 16.6. The van der Waals surface area contributed by atoms with Crippen molar-refractivity contribution >= 4 is 27.6 Å². The molecule has 0 N–H and O–H groups in total. The van der Waals surface area contributed by atoms with Gasteiger partial charge in [-0.3, -0.25) is 0 Å². The summed E-state index contributed by atoms with van der Waals surface area (Å²) in [6.07, 6.45) is 28.0. The molecule has 4 aliphatic rings. The van der Waals surface area contributed by atoms with Gasteiger partial charge in [0.25, 0.3) is 0 Å². The molecule has 0 aliphatic heterocycles. The molecule has 0 nitrogen and oxygen atoms in total. The first-order chi connectivity index (χ1) is 30.0. The summed E-state index contributed by atoms with van der Waals surface area (Å²) in [4.78, 5) is 0. The summed E-state index contributed by atoms with van der Waals surface area (Å²) in [7, 11) is 0. The van der Waals surface area contributed by atoms with Crippen molar-refractivity contribution in [1.82, 2.24) is 0 Å². The van der Waals surface area contributed by atoms with Gasteiger partial charge in [0.2, 0.25) is 0 Å². The van der Waals surface area contributed by atoms with Crippen LogP contribution < -0.4 is 0 Å². The lowest BCUT2D eigenvalue weighted by atomic mass is 9.69. The molecule has 11 rings (SSSR count). The van der Waals surface area contributed by atoms with Crippen molar-refractivity contribution in [2.75, 3.05) is 0 Å². The summed E-state index contributed by atoms with van der Waals surface area (Å²) in [6.45, 7) is 12.2. The average molecular weight is 787 g/mol. The summed E-state index contributed by atoms with van der Waals surface area (Å²) in [6, 6.07) is 46.8. The van der Waals surface area contributed by atoms with Crippen LogP contribution in [0, 0.1) is 13.8 Å². The van der Waals surface area contributed by atoms with E-state index >= 15 is 0 Å². The number of benzene rings is 7. The first kappa shape index (κ1) is 39.7. The second-order valence-electron chi connectivity index (χ2n) is 16.6. The summed E-state index contributed by atoms with van der Waals surface area (Å²) >= 11 is 0. The van der Waals surface area contributed by atoms with E-state index in [1.807, 2.05) is 24.3 Å². The van der Waals surface area contributed by atoms with Gasteiger partial charge < -0.3 is 0 Å². The molecule has 0 heteroatoms. The van der Waals surface area contributed by atoms with Crippen molar-refractivity contribution < 1.29 is 0 Å². The first-order valence-corrected chi connectivity index (χ1v) is 22.1. The maximum absolute atomic E-state index is 3.61. The predicted molar refractivity (Wildman–Crippen MR) is 266 cm³/mol. The van der Waals surface area contributed by atoms with Gasteiger partial charge in [-0.25, -0.2) is 0 Å². The molecule has 0 radical (unpaired) electrons. The average Bonchev–Trinajstić information content (AvgIpc) is 3.47. The van der Waals surface area contributed by atoms with E-state index in [0.29, 0.717) is 5.92 Å². The van der Waals surface area contributed by atoms with Gasteiger partial charge in [-0.1, -0.05) is 219 Å². The van der Waals surface area contributed by atoms with Crippen molar-refractivity contribution in [3.05, 3.63) is 234 Å². The van der Waals surface area contributed by atoms with E-state index < -0.39 is 0 Å². The van der Waals surface area contributed by atoms with Crippen LogP contribution in [-0.2, 0) is 0 Å². The molecule has 0 fully saturated rings. The largest absolute Gasteiger partial charge is 0.0991 e. The fourth-order valence-corrected chi connectivity index (χ4v) is 10.0. The zero-order chi connectivity index (χ0) is 41.9. The Kier molecular flexibility index (Phi) is 11.4. The highest BCUT2D eigenvalue weighted by atomic mass is 14.4. The van der Waals surface area contributed by atoms with Gasteiger partial charge in [0.1, 0.15) is 0 Å². The molecule has 0 saturated heterocycles. The molecule has 298 valence electrons. The lowest BCUT2D eigenvalue weighted by molar-refractivity contribution is 0.769. The van der Waals surface area contributed by atoms with Gasteiger partial charge in [0, 0.05) is 11.8 Å². The molecule has 2 bridgehead atoms. The van der Waals surface area contributed by atoms with Crippen LogP contribution in [0.5, 0.6) is 0 Å². The van der Waals surface area contributed by atoms with E-state index in [9.17, 15) is 0 Å². The Hall–Kier alpha value is -6.76. The van der Waals surface area contributed by atoms with Crippen molar-refractivity contribution in [3.8, 4) is 44.5 Å². The smallest absolute Gasteiger partial charge is 0.0211 e. The normalized spacial score (nSPS) is 16.3. The van der Waals surface area contributed by atoms with E-state index in [4.69, 9.17) is 0 Å². The maximum atomic E-state index is 3.61. The molecule has 0 amide bonds. The summed E-state index contributed by atoms with van der Waals surface area (Å²) in [5, 5.41) is 5.49. The van der Waals surface area contributed by atoms with Crippen LogP contribution in [0.3, 0.4) is 0 Å². The minimum Gasteiger partial charge on any atom is -0.0991 e. The Balaban J connectivity index is 0.000000236. The van der Waals surface area contributed by atoms with Crippen molar-refractivity contribution in [2.45, 2.75) is 58.8 Å². The Morgan fingerprint density at radius 1 is 0.689 bits per heavy atom. The number of aryl methyl sites for hydroxylation is 2. The number of fused-ring (bicyclic) bond motifs is 8. The molecular weight excluding hydrogens is 733 g/mol. The van der Waals surface area contributed by atoms with E-state index in [1.54, 1.807) is 6.08 Å². The molecule has 4 aliphatic carbocycles. The number of hydrogen-bond acceptors (Lipinski definition) is 0. The minimum absolute atomic E-state index is 0.279. The SMILES string of the molecule is C=C/C=C\C(=C/C)CCC.Cc1ccc2c3c(cccc13)-c1c-2c(-c2ccccc2)c2cc3c4c(c2c1-c1ccccc1)C=CCC4C1=CC3C=CC=C1.Cc1ccccc1. The second kappa shape index (κ2) is 17.5. The lowest BCUT2D eigenvalue weighted by Gasteiger charge is -2.34. The number of hydrogen-bond donors (Lipinski definition) is 0. The standard InChI is InChI=1S/C44H30.C10H16.C7H8/c1-26-22-23-35-40-31(26)18-10-21-34(40)44-39(28-14-6-3-7-15-28)42-33-20-11-19-32-29-16-8-9-17-30(24-29)36(41(32)33)25-37(42)38(43(35)44)27-12-4-2-5-13-27;1-4-7-9-10(6-3)8-5-2;1-7-5-3-2-4-6-7/h2-18,20-25,30,32H,19H2,1H3;4,6-7,9H,1,5,8H2,2-3H3;2-6H,1H3/b;9-7-,10-6-;. The van der Waals surface area contributed by atoms with Crippen LogP contribution in [0.1, 0.15) is 72.8 Å². The number of allylic oxidation sites excluding steroid dienone is 12. The molecule has 7 aromatic rings. The molecule has 0 spiro atoms. The first-order valence-electron chi connectivity index (χ1n) is 22.1. The third-order valence-electron chi connectivity index (χ3n) is 12.8. The fourth-order valence-electron chi connectivity index (χ4n) is 10.0. The Morgan fingerprint density at radius 2 is 1.38 bits per heavy atom. The molecule has 0 saturated carbocycles. The van der Waals surface area contributed by atoms with E-state index in [-0.39, 0.29) is 5.92 Å². The van der Waals surface area contributed by atoms with Gasteiger partial charge in [-0.2, -0.15) is 0 Å². The Morgan fingerprint density at radius 3 is 2.05 bits per heavy atom. The highest BCUT2D eigenvalue weighted by molar-refractivity contribution is 6.29. The minimum atomic E-state index is 0.279. The van der Waals surface area contributed by atoms with E-state index in [0.717, 1.165) is 6.42 Å². The fraction of sp³-hybridized carbons (Fsp3) is 0.148. The summed E-state index contributed by atoms with van der Waals surface area (Å²) < 4.78 is 0. The quantitative estimate of drug-likeness (QED) is 0.147. The number of rotatable bonds is 6. The molecule has 0 aromatic heterocycles. The third-order valence-corrected chi connectivity index (χ3v) is 12.8. The van der Waals surface area contributed by atoms with Gasteiger partial charge in [-0.05, 0) is 134 Å². The van der Waals surface area contributed by atoms with E-state index in [2.05, 4.69) is 198 Å². The van der Waals surface area contributed by atoms with E-state index in [1.165, 1.54) is 118 Å². The van der Waals surface area contributed by atoms with Crippen molar-refractivity contribution in [1.29, 1.82) is 0 Å². The lowest BCUT2D eigenvalue weighted by Crippen LogP contribution is -2.16. The summed E-state index contributed by atoms with van der Waals surface area (Å²) in [5.41, 5.74) is 20.7. The molecular formula is C61H54. The maximum Gasteiger partial charge on any atom is 0.0211 e. The van der Waals surface area contributed by atoms with Crippen LogP contribution in [0.25, 0.3) is 72.1 Å². The topological polar surface area (TPSA) is 0 Å². The monoisotopic (exact) mass is 786 g/mol. The molecule has 0 heterocycles. The van der Waals surface area contributed by atoms with Crippen molar-refractivity contribution in [3.63, 3.8) is 0 Å². The van der Waals surface area contributed by atoms with Crippen LogP contribution >= 0.6 is 0 Å². The van der Waals surface area contributed by atoms with Crippen LogP contribution in [-0.4, -0.2) is 0 Å². The Labute approximate surface area is 363 Å². The molecule has 2 unspecified atom stereocenters. The van der Waals surface area contributed by atoms with Crippen LogP contribution in [0.4, 0.5) is 0 Å². The van der Waals surface area contributed by atoms with Gasteiger partial charge in [0.15, 0.2) is 0 Å². The van der Waals surface area contributed by atoms with Crippen LogP contribution in [0.15, 0.2) is 206 Å². The van der Waals surface area contributed by atoms with Gasteiger partial charge in [-0.15, -0.1) is 0 Å².